The third-order valence-corrected chi connectivity index (χ3v) is 4.06. The van der Waals surface area contributed by atoms with Gasteiger partial charge in [-0.05, 0) is 42.9 Å². The maximum Gasteiger partial charge on any atom is 0.127 e. The van der Waals surface area contributed by atoms with E-state index in [0.29, 0.717) is 5.92 Å². The minimum absolute atomic E-state index is 0.598. The van der Waals surface area contributed by atoms with Crippen molar-refractivity contribution in [2.24, 2.45) is 0 Å². The first-order chi connectivity index (χ1) is 8.65. The predicted molar refractivity (Wildman–Crippen MR) is 74.3 cm³/mol. The normalized spacial score (nSPS) is 20.4. The first-order valence-electron chi connectivity index (χ1n) is 7.13. The number of hydrogen-bond acceptors (Lipinski definition) is 2. The van der Waals surface area contributed by atoms with E-state index in [1.807, 2.05) is 0 Å². The second kappa shape index (κ2) is 4.58. The van der Waals surface area contributed by atoms with Gasteiger partial charge < -0.3 is 4.74 Å². The van der Waals surface area contributed by atoms with Crippen molar-refractivity contribution < 1.29 is 4.74 Å². The van der Waals surface area contributed by atoms with E-state index in [9.17, 15) is 0 Å². The highest BCUT2D eigenvalue weighted by Gasteiger charge is 2.30. The minimum Gasteiger partial charge on any atom is -0.492 e. The Hall–Kier alpha value is -1.02. The van der Waals surface area contributed by atoms with Gasteiger partial charge in [0.1, 0.15) is 12.4 Å². The van der Waals surface area contributed by atoms with Crippen molar-refractivity contribution in [1.29, 1.82) is 0 Å². The highest BCUT2D eigenvalue weighted by atomic mass is 16.5. The molecular weight excluding hydrogens is 222 g/mol. The molecule has 1 heterocycles. The van der Waals surface area contributed by atoms with Crippen molar-refractivity contribution in [3.05, 3.63) is 28.8 Å². The Bertz CT molecular complexity index is 449. The molecule has 0 saturated heterocycles. The summed E-state index contributed by atoms with van der Waals surface area (Å²) >= 11 is 0. The maximum atomic E-state index is 6.04. The van der Waals surface area contributed by atoms with E-state index < -0.39 is 0 Å². The number of fused-ring (bicyclic) bond motifs is 1. The smallest absolute Gasteiger partial charge is 0.127 e. The zero-order valence-electron chi connectivity index (χ0n) is 11.7. The summed E-state index contributed by atoms with van der Waals surface area (Å²) in [4.78, 5) is 2.35. The Kier molecular flexibility index (Phi) is 3.06. The molecule has 1 aromatic rings. The summed E-state index contributed by atoms with van der Waals surface area (Å²) in [5, 5.41) is 0. The fourth-order valence-electron chi connectivity index (χ4n) is 2.74. The average molecular weight is 245 g/mol. The summed E-state index contributed by atoms with van der Waals surface area (Å²) in [5.74, 6) is 2.56. The lowest BCUT2D eigenvalue weighted by atomic mass is 9.94. The third-order valence-electron chi connectivity index (χ3n) is 4.06. The Morgan fingerprint density at radius 2 is 2.06 bits per heavy atom. The Balaban J connectivity index is 2.07. The molecule has 0 aromatic heterocycles. The lowest BCUT2D eigenvalue weighted by molar-refractivity contribution is 0.258. The van der Waals surface area contributed by atoms with E-state index in [4.69, 9.17) is 4.74 Å². The van der Waals surface area contributed by atoms with Crippen LogP contribution in [0.25, 0.3) is 0 Å². The van der Waals surface area contributed by atoms with Crippen molar-refractivity contribution in [3.63, 3.8) is 0 Å². The molecule has 0 spiro atoms. The molecule has 1 aliphatic carbocycles. The van der Waals surface area contributed by atoms with E-state index in [-0.39, 0.29) is 0 Å². The van der Waals surface area contributed by atoms with Crippen LogP contribution in [0.15, 0.2) is 12.1 Å². The number of rotatable bonds is 2. The first-order valence-corrected chi connectivity index (χ1v) is 7.13. The quantitative estimate of drug-likeness (QED) is 0.790. The summed E-state index contributed by atoms with van der Waals surface area (Å²) < 4.78 is 6.04. The lowest BCUT2D eigenvalue weighted by Crippen LogP contribution is -2.20. The van der Waals surface area contributed by atoms with E-state index in [1.165, 1.54) is 35.3 Å². The summed E-state index contributed by atoms with van der Waals surface area (Å²) in [7, 11) is 2.18. The lowest BCUT2D eigenvalue weighted by Gasteiger charge is -2.17. The van der Waals surface area contributed by atoms with Crippen LogP contribution in [-0.4, -0.2) is 25.1 Å². The summed E-state index contributed by atoms with van der Waals surface area (Å²) in [6.45, 7) is 7.43. The fourth-order valence-corrected chi connectivity index (χ4v) is 2.74. The van der Waals surface area contributed by atoms with Gasteiger partial charge in [0.15, 0.2) is 0 Å². The molecule has 0 unspecified atom stereocenters. The standard InChI is InChI=1S/C16H23NO/c1-11(2)13-8-14-10-17(3)6-7-18-16(14)15(9-13)12-4-5-12/h8-9,11-12H,4-7,10H2,1-3H3. The number of benzene rings is 1. The van der Waals surface area contributed by atoms with Crippen LogP contribution < -0.4 is 4.74 Å². The predicted octanol–water partition coefficient (Wildman–Crippen LogP) is 3.51. The molecule has 18 heavy (non-hydrogen) atoms. The minimum atomic E-state index is 0.598. The SMILES string of the molecule is CC(C)c1cc2c(c(C3CC3)c1)OCCN(C)C2. The molecule has 2 nitrogen and oxygen atoms in total. The second-order valence-corrected chi connectivity index (χ2v) is 6.11. The highest BCUT2D eigenvalue weighted by Crippen LogP contribution is 2.47. The van der Waals surface area contributed by atoms with Crippen molar-refractivity contribution >= 4 is 0 Å². The molecule has 2 heteroatoms. The summed E-state index contributed by atoms with van der Waals surface area (Å²) in [5.41, 5.74) is 4.34. The van der Waals surface area contributed by atoms with Gasteiger partial charge in [0, 0.05) is 18.7 Å². The molecule has 0 N–H and O–H groups in total. The Morgan fingerprint density at radius 1 is 1.28 bits per heavy atom. The van der Waals surface area contributed by atoms with Gasteiger partial charge in [0.2, 0.25) is 0 Å². The van der Waals surface area contributed by atoms with E-state index in [2.05, 4.69) is 37.9 Å². The van der Waals surface area contributed by atoms with Gasteiger partial charge in [0.25, 0.3) is 0 Å². The molecule has 1 aliphatic heterocycles. The molecule has 0 atom stereocenters. The van der Waals surface area contributed by atoms with E-state index >= 15 is 0 Å². The van der Waals surface area contributed by atoms with Gasteiger partial charge in [-0.2, -0.15) is 0 Å². The van der Waals surface area contributed by atoms with Crippen LogP contribution in [0.3, 0.4) is 0 Å². The van der Waals surface area contributed by atoms with E-state index in [1.54, 1.807) is 0 Å². The Morgan fingerprint density at radius 3 is 2.72 bits per heavy atom. The molecule has 2 aliphatic rings. The highest BCUT2D eigenvalue weighted by molar-refractivity contribution is 5.49. The van der Waals surface area contributed by atoms with Crippen LogP contribution in [0, 0.1) is 0 Å². The molecule has 3 rings (SSSR count). The van der Waals surface area contributed by atoms with Gasteiger partial charge in [-0.1, -0.05) is 26.0 Å². The molecule has 0 radical (unpaired) electrons. The number of hydrogen-bond donors (Lipinski definition) is 0. The monoisotopic (exact) mass is 245 g/mol. The summed E-state index contributed by atoms with van der Waals surface area (Å²) in [6, 6.07) is 4.75. The number of ether oxygens (including phenoxy) is 1. The molecule has 0 bridgehead atoms. The van der Waals surface area contributed by atoms with Gasteiger partial charge in [-0.3, -0.25) is 4.90 Å². The zero-order chi connectivity index (χ0) is 12.7. The molecule has 1 saturated carbocycles. The van der Waals surface area contributed by atoms with Crippen LogP contribution >= 0.6 is 0 Å². The number of nitrogens with zero attached hydrogens (tertiary/aromatic N) is 1. The van der Waals surface area contributed by atoms with Gasteiger partial charge in [0.05, 0.1) is 0 Å². The van der Waals surface area contributed by atoms with Gasteiger partial charge in [-0.25, -0.2) is 0 Å². The third kappa shape index (κ3) is 2.26. The van der Waals surface area contributed by atoms with Gasteiger partial charge in [-0.15, -0.1) is 0 Å². The first kappa shape index (κ1) is 12.0. The van der Waals surface area contributed by atoms with Crippen molar-refractivity contribution in [2.45, 2.75) is 45.1 Å². The molecular formula is C16H23NO. The van der Waals surface area contributed by atoms with Crippen molar-refractivity contribution in [3.8, 4) is 5.75 Å². The van der Waals surface area contributed by atoms with Crippen LogP contribution in [0.5, 0.6) is 5.75 Å². The molecule has 0 amide bonds. The molecule has 1 fully saturated rings. The van der Waals surface area contributed by atoms with Crippen LogP contribution in [0.2, 0.25) is 0 Å². The van der Waals surface area contributed by atoms with E-state index in [0.717, 1.165) is 25.6 Å². The maximum absolute atomic E-state index is 6.04. The fraction of sp³-hybridized carbons (Fsp3) is 0.625. The van der Waals surface area contributed by atoms with Crippen LogP contribution in [0.1, 0.15) is 55.2 Å². The topological polar surface area (TPSA) is 12.5 Å². The summed E-state index contributed by atoms with van der Waals surface area (Å²) in [6.07, 6.45) is 2.68. The van der Waals surface area contributed by atoms with Crippen LogP contribution in [0.4, 0.5) is 0 Å². The molecule has 98 valence electrons. The van der Waals surface area contributed by atoms with Gasteiger partial charge >= 0.3 is 0 Å². The number of likely N-dealkylation sites (N-methyl/N-ethyl adjacent to an activating group) is 1. The van der Waals surface area contributed by atoms with Crippen LogP contribution in [-0.2, 0) is 6.54 Å². The molecule has 1 aromatic carbocycles. The largest absolute Gasteiger partial charge is 0.492 e. The van der Waals surface area contributed by atoms with Crippen molar-refractivity contribution in [2.75, 3.05) is 20.2 Å². The Labute approximate surface area is 110 Å². The second-order valence-electron chi connectivity index (χ2n) is 6.11. The zero-order valence-corrected chi connectivity index (χ0v) is 11.7. The van der Waals surface area contributed by atoms with Crippen molar-refractivity contribution in [1.82, 2.24) is 4.90 Å². The average Bonchev–Trinajstić information content (AvgIpc) is 3.13.